The summed E-state index contributed by atoms with van der Waals surface area (Å²) in [7, 11) is 0. The molecule has 0 aliphatic rings. The van der Waals surface area contributed by atoms with Gasteiger partial charge in [0.15, 0.2) is 0 Å². The highest BCUT2D eigenvalue weighted by molar-refractivity contribution is 5.75. The van der Waals surface area contributed by atoms with Gasteiger partial charge in [-0.2, -0.15) is 0 Å². The smallest absolute Gasteiger partial charge is 0.315 e. The molecule has 0 fully saturated rings. The Kier molecular flexibility index (Phi) is 7.33. The molecule has 0 unspecified atom stereocenters. The molecule has 140 valence electrons. The maximum atomic E-state index is 12.3. The van der Waals surface area contributed by atoms with E-state index in [1.54, 1.807) is 0 Å². The molecule has 5 nitrogen and oxygen atoms in total. The predicted molar refractivity (Wildman–Crippen MR) is 104 cm³/mol. The topological polar surface area (TPSA) is 59.6 Å². The first-order valence-corrected chi connectivity index (χ1v) is 9.06. The van der Waals surface area contributed by atoms with Crippen molar-refractivity contribution in [1.29, 1.82) is 0 Å². The Morgan fingerprint density at radius 2 is 1.12 bits per heavy atom. The Hall–Kier alpha value is -2.69. The van der Waals surface area contributed by atoms with Gasteiger partial charge in [-0.25, -0.2) is 4.79 Å². The molecule has 2 N–H and O–H groups in total. The average Bonchev–Trinajstić information content (AvgIpc) is 2.63. The molecule has 0 aromatic heterocycles. The van der Waals surface area contributed by atoms with Crippen LogP contribution < -0.4 is 20.1 Å². The number of hydrogen-bond acceptors (Lipinski definition) is 3. The second-order valence-corrected chi connectivity index (χ2v) is 6.07. The Balaban J connectivity index is 1.88. The van der Waals surface area contributed by atoms with Crippen LogP contribution in [0.25, 0.3) is 0 Å². The van der Waals surface area contributed by atoms with Gasteiger partial charge in [0.05, 0.1) is 25.3 Å². The van der Waals surface area contributed by atoms with Crippen molar-refractivity contribution in [2.45, 2.75) is 39.8 Å². The summed E-state index contributed by atoms with van der Waals surface area (Å²) in [6.07, 6.45) is 0. The van der Waals surface area contributed by atoms with Crippen LogP contribution in [0.1, 0.15) is 50.9 Å². The maximum Gasteiger partial charge on any atom is 0.315 e. The third-order valence-corrected chi connectivity index (χ3v) is 4.08. The van der Waals surface area contributed by atoms with Crippen molar-refractivity contribution in [3.05, 3.63) is 59.7 Å². The summed E-state index contributed by atoms with van der Waals surface area (Å²) in [4.78, 5) is 12.3. The molecule has 0 saturated carbocycles. The molecule has 0 bridgehead atoms. The number of nitrogens with one attached hydrogen (secondary N) is 2. The number of ether oxygens (including phenoxy) is 2. The molecule has 0 aliphatic carbocycles. The van der Waals surface area contributed by atoms with Crippen LogP contribution in [-0.2, 0) is 0 Å². The third kappa shape index (κ3) is 5.69. The molecule has 26 heavy (non-hydrogen) atoms. The summed E-state index contributed by atoms with van der Waals surface area (Å²) in [5, 5.41) is 5.93. The molecule has 0 radical (unpaired) electrons. The molecular weight excluding hydrogens is 328 g/mol. The summed E-state index contributed by atoms with van der Waals surface area (Å²) in [6, 6.07) is 15.1. The van der Waals surface area contributed by atoms with E-state index in [0.29, 0.717) is 13.2 Å². The maximum absolute atomic E-state index is 12.3. The van der Waals surface area contributed by atoms with E-state index in [1.165, 1.54) is 0 Å². The van der Waals surface area contributed by atoms with Gasteiger partial charge in [-0.3, -0.25) is 0 Å². The minimum Gasteiger partial charge on any atom is -0.494 e. The van der Waals surface area contributed by atoms with Gasteiger partial charge in [-0.1, -0.05) is 24.3 Å². The van der Waals surface area contributed by atoms with Crippen molar-refractivity contribution in [3.63, 3.8) is 0 Å². The highest BCUT2D eigenvalue weighted by Crippen LogP contribution is 2.19. The van der Waals surface area contributed by atoms with Gasteiger partial charge in [-0.15, -0.1) is 0 Å². The lowest BCUT2D eigenvalue weighted by atomic mass is 10.1. The summed E-state index contributed by atoms with van der Waals surface area (Å²) in [5.74, 6) is 1.66. The van der Waals surface area contributed by atoms with E-state index in [9.17, 15) is 4.79 Å². The lowest BCUT2D eigenvalue weighted by Gasteiger charge is -2.19. The van der Waals surface area contributed by atoms with Gasteiger partial charge >= 0.3 is 6.03 Å². The number of rotatable bonds is 8. The van der Waals surface area contributed by atoms with E-state index in [-0.39, 0.29) is 18.1 Å². The quantitative estimate of drug-likeness (QED) is 0.726. The van der Waals surface area contributed by atoms with Crippen molar-refractivity contribution < 1.29 is 14.3 Å². The van der Waals surface area contributed by atoms with Crippen LogP contribution in [0.3, 0.4) is 0 Å². The molecule has 0 spiro atoms. The molecule has 0 heterocycles. The molecule has 0 aliphatic heterocycles. The minimum atomic E-state index is -0.201. The Labute approximate surface area is 155 Å². The van der Waals surface area contributed by atoms with E-state index in [1.807, 2.05) is 76.2 Å². The SMILES string of the molecule is CCOc1ccc([C@@H](C)NC(=O)N[C@H](C)c2ccc(OCC)cc2)cc1. The van der Waals surface area contributed by atoms with E-state index in [0.717, 1.165) is 22.6 Å². The third-order valence-electron chi connectivity index (χ3n) is 4.08. The Morgan fingerprint density at radius 3 is 1.42 bits per heavy atom. The fraction of sp³-hybridized carbons (Fsp3) is 0.381. The summed E-state index contributed by atoms with van der Waals surface area (Å²) in [6.45, 7) is 9.09. The van der Waals surface area contributed by atoms with Gasteiger partial charge in [0.1, 0.15) is 11.5 Å². The Morgan fingerprint density at radius 1 is 0.769 bits per heavy atom. The van der Waals surface area contributed by atoms with Gasteiger partial charge in [0.25, 0.3) is 0 Å². The number of benzene rings is 2. The van der Waals surface area contributed by atoms with E-state index in [4.69, 9.17) is 9.47 Å². The van der Waals surface area contributed by atoms with E-state index >= 15 is 0 Å². The highest BCUT2D eigenvalue weighted by Gasteiger charge is 2.13. The molecule has 0 saturated heterocycles. The van der Waals surface area contributed by atoms with Crippen molar-refractivity contribution in [1.82, 2.24) is 10.6 Å². The number of carbonyl (C=O) groups excluding carboxylic acids is 1. The standard InChI is InChI=1S/C21H28N2O3/c1-5-25-19-11-7-17(8-12-19)15(3)22-21(24)23-16(4)18-9-13-20(14-10-18)26-6-2/h7-16H,5-6H2,1-4H3,(H2,22,23,24)/t15-,16-/m1/s1. The van der Waals surface area contributed by atoms with E-state index in [2.05, 4.69) is 10.6 Å². The molecular formula is C21H28N2O3. The number of urea groups is 1. The van der Waals surface area contributed by atoms with Crippen molar-refractivity contribution in [2.24, 2.45) is 0 Å². The molecule has 2 aromatic rings. The van der Waals surface area contributed by atoms with Crippen LogP contribution in [0, 0.1) is 0 Å². The summed E-state index contributed by atoms with van der Waals surface area (Å²) >= 11 is 0. The van der Waals surface area contributed by atoms with Crippen LogP contribution in [0.2, 0.25) is 0 Å². The second kappa shape index (κ2) is 9.70. The zero-order valence-electron chi connectivity index (χ0n) is 15.9. The lowest BCUT2D eigenvalue weighted by Crippen LogP contribution is -2.38. The lowest BCUT2D eigenvalue weighted by molar-refractivity contribution is 0.235. The normalized spacial score (nSPS) is 12.8. The van der Waals surface area contributed by atoms with Gasteiger partial charge in [0.2, 0.25) is 0 Å². The summed E-state index contributed by atoms with van der Waals surface area (Å²) in [5.41, 5.74) is 2.05. The predicted octanol–water partition coefficient (Wildman–Crippen LogP) is 4.61. The number of carbonyl (C=O) groups is 1. The van der Waals surface area contributed by atoms with Crippen LogP contribution in [0.5, 0.6) is 11.5 Å². The fourth-order valence-corrected chi connectivity index (χ4v) is 2.64. The van der Waals surface area contributed by atoms with Crippen molar-refractivity contribution >= 4 is 6.03 Å². The van der Waals surface area contributed by atoms with E-state index < -0.39 is 0 Å². The number of hydrogen-bond donors (Lipinski definition) is 2. The first-order valence-electron chi connectivity index (χ1n) is 9.06. The van der Waals surface area contributed by atoms with Crippen LogP contribution >= 0.6 is 0 Å². The first-order chi connectivity index (χ1) is 12.5. The van der Waals surface area contributed by atoms with Crippen LogP contribution in [0.15, 0.2) is 48.5 Å². The van der Waals surface area contributed by atoms with Crippen molar-refractivity contribution in [2.75, 3.05) is 13.2 Å². The number of amides is 2. The fourth-order valence-electron chi connectivity index (χ4n) is 2.64. The van der Waals surface area contributed by atoms with Crippen molar-refractivity contribution in [3.8, 4) is 11.5 Å². The second-order valence-electron chi connectivity index (χ2n) is 6.07. The summed E-state index contributed by atoms with van der Waals surface area (Å²) < 4.78 is 10.9. The highest BCUT2D eigenvalue weighted by atomic mass is 16.5. The molecule has 2 aromatic carbocycles. The zero-order valence-corrected chi connectivity index (χ0v) is 15.9. The largest absolute Gasteiger partial charge is 0.494 e. The molecule has 2 rings (SSSR count). The van der Waals surface area contributed by atoms with Crippen LogP contribution in [0.4, 0.5) is 4.79 Å². The average molecular weight is 356 g/mol. The molecule has 5 heteroatoms. The minimum absolute atomic E-state index is 0.0989. The Bertz CT molecular complexity index is 624. The first kappa shape index (κ1) is 19.6. The molecule has 2 amide bonds. The zero-order chi connectivity index (χ0) is 18.9. The van der Waals surface area contributed by atoms with Gasteiger partial charge in [-0.05, 0) is 63.1 Å². The van der Waals surface area contributed by atoms with Gasteiger partial charge < -0.3 is 20.1 Å². The monoisotopic (exact) mass is 356 g/mol. The van der Waals surface area contributed by atoms with Crippen LogP contribution in [-0.4, -0.2) is 19.2 Å². The molecule has 2 atom stereocenters. The van der Waals surface area contributed by atoms with Gasteiger partial charge in [0, 0.05) is 0 Å².